The summed E-state index contributed by atoms with van der Waals surface area (Å²) < 4.78 is 5.94. The molecule has 0 spiro atoms. The Morgan fingerprint density at radius 3 is 2.12 bits per heavy atom. The number of halogens is 1. The van der Waals surface area contributed by atoms with Crippen LogP contribution in [-0.2, 0) is 0 Å². The zero-order valence-electron chi connectivity index (χ0n) is 19.1. The number of rotatable bonds is 3. The van der Waals surface area contributed by atoms with E-state index in [-0.39, 0.29) is 5.56 Å². The van der Waals surface area contributed by atoms with E-state index in [4.69, 9.17) is 9.84 Å². The number of amides is 1. The Morgan fingerprint density at radius 2 is 1.53 bits per heavy atom. The lowest BCUT2D eigenvalue weighted by Gasteiger charge is -2.33. The lowest BCUT2D eigenvalue weighted by atomic mass is 10.0. The molecule has 2 aromatic carbocycles. The van der Waals surface area contributed by atoms with Crippen LogP contribution in [0, 0.1) is 0 Å². The third-order valence-electron chi connectivity index (χ3n) is 4.97. The third kappa shape index (κ3) is 5.43. The number of hydrogen-bond acceptors (Lipinski definition) is 5. The molecule has 2 heterocycles. The van der Waals surface area contributed by atoms with Gasteiger partial charge in [-0.15, -0.1) is 0 Å². The van der Waals surface area contributed by atoms with Gasteiger partial charge in [0.1, 0.15) is 5.75 Å². The number of carboxylic acids is 1. The first-order chi connectivity index (χ1) is 16.0. The Labute approximate surface area is 205 Å². The van der Waals surface area contributed by atoms with Gasteiger partial charge in [-0.3, -0.25) is 14.9 Å². The highest BCUT2D eigenvalue weighted by atomic mass is 79.9. The van der Waals surface area contributed by atoms with Crippen molar-refractivity contribution in [1.82, 2.24) is 9.97 Å². The van der Waals surface area contributed by atoms with Gasteiger partial charge < -0.3 is 14.9 Å². The first kappa shape index (κ1) is 24.9. The molecule has 176 valence electrons. The molecule has 0 fully saturated rings. The number of anilines is 1. The quantitative estimate of drug-likeness (QED) is 0.326. The summed E-state index contributed by atoms with van der Waals surface area (Å²) in [5, 5.41) is 19.9. The van der Waals surface area contributed by atoms with E-state index in [0.29, 0.717) is 22.3 Å². The van der Waals surface area contributed by atoms with E-state index in [1.54, 1.807) is 30.5 Å². The van der Waals surface area contributed by atoms with Crippen LogP contribution in [0.2, 0.25) is 0 Å². The maximum Gasteiger partial charge on any atom is 0.412 e. The van der Waals surface area contributed by atoms with Crippen molar-refractivity contribution < 1.29 is 24.5 Å². The highest BCUT2D eigenvalue weighted by Gasteiger charge is 2.28. The molecule has 0 unspecified atom stereocenters. The summed E-state index contributed by atoms with van der Waals surface area (Å²) in [6, 6.07) is 13.9. The standard InChI is InChI=1S/C14H15BrN2O2.C11H9NO3/c1-14(2,3)17(13(18)19)9-4-5-12-10(8-9)11(15)6-7-16-12;1-15-7-2-3-10-9(6-7)8(11(13)14)4-5-12-10/h4-8H,1-3H3,(H,18,19);2-6H,1H3,(H,13,14). The van der Waals surface area contributed by atoms with Crippen LogP contribution >= 0.6 is 15.9 Å². The Kier molecular flexibility index (Phi) is 7.36. The number of pyridine rings is 2. The highest BCUT2D eigenvalue weighted by Crippen LogP contribution is 2.30. The average molecular weight is 526 g/mol. The molecule has 8 nitrogen and oxygen atoms in total. The minimum atomic E-state index is -0.966. The van der Waals surface area contributed by atoms with Gasteiger partial charge in [0.15, 0.2) is 0 Å². The SMILES string of the molecule is CC(C)(C)N(C(=O)O)c1ccc2nccc(Br)c2c1.COc1ccc2nccc(C(=O)O)c2c1. The maximum absolute atomic E-state index is 11.5. The van der Waals surface area contributed by atoms with Crippen molar-refractivity contribution in [3.05, 3.63) is 71.0 Å². The number of hydrogen-bond donors (Lipinski definition) is 2. The Hall–Kier alpha value is -3.72. The fourth-order valence-electron chi connectivity index (χ4n) is 3.46. The zero-order valence-corrected chi connectivity index (χ0v) is 20.7. The number of aromatic carboxylic acids is 1. The van der Waals surface area contributed by atoms with Crippen molar-refractivity contribution in [2.75, 3.05) is 12.0 Å². The second kappa shape index (κ2) is 10.0. The molecule has 0 radical (unpaired) electrons. The van der Waals surface area contributed by atoms with Gasteiger partial charge in [-0.05, 0) is 69.3 Å². The number of carboxylic acid groups (broad SMARTS) is 2. The van der Waals surface area contributed by atoms with Gasteiger partial charge in [-0.2, -0.15) is 0 Å². The highest BCUT2D eigenvalue weighted by molar-refractivity contribution is 9.10. The van der Waals surface area contributed by atoms with Crippen molar-refractivity contribution in [2.45, 2.75) is 26.3 Å². The average Bonchev–Trinajstić information content (AvgIpc) is 2.78. The summed E-state index contributed by atoms with van der Waals surface area (Å²) in [4.78, 5) is 32.1. The number of aromatic nitrogens is 2. The summed E-state index contributed by atoms with van der Waals surface area (Å²) in [6.45, 7) is 5.59. The minimum absolute atomic E-state index is 0.235. The molecule has 0 aliphatic rings. The van der Waals surface area contributed by atoms with Gasteiger partial charge >= 0.3 is 12.1 Å². The van der Waals surface area contributed by atoms with Gasteiger partial charge in [0.2, 0.25) is 0 Å². The van der Waals surface area contributed by atoms with E-state index in [1.165, 1.54) is 24.3 Å². The molecule has 0 aliphatic heterocycles. The van der Waals surface area contributed by atoms with Crippen molar-refractivity contribution >= 4 is 55.5 Å². The van der Waals surface area contributed by atoms with Crippen LogP contribution in [0.1, 0.15) is 31.1 Å². The molecule has 2 aromatic heterocycles. The van der Waals surface area contributed by atoms with Crippen LogP contribution in [-0.4, -0.2) is 44.9 Å². The molecule has 0 aliphatic carbocycles. The molecule has 4 aromatic rings. The topological polar surface area (TPSA) is 113 Å². The number of benzene rings is 2. The van der Waals surface area contributed by atoms with Gasteiger partial charge in [0, 0.05) is 38.9 Å². The Morgan fingerprint density at radius 1 is 0.912 bits per heavy atom. The molecule has 1 amide bonds. The lowest BCUT2D eigenvalue weighted by Crippen LogP contribution is -2.45. The largest absolute Gasteiger partial charge is 0.497 e. The number of carbonyl (C=O) groups is 2. The monoisotopic (exact) mass is 525 g/mol. The molecular formula is C25H24BrN3O5. The second-order valence-corrected chi connectivity index (χ2v) is 9.18. The summed E-state index contributed by atoms with van der Waals surface area (Å²) >= 11 is 3.46. The van der Waals surface area contributed by atoms with Crippen molar-refractivity contribution in [3.8, 4) is 5.75 Å². The molecule has 4 rings (SSSR count). The predicted molar refractivity (Wildman–Crippen MR) is 135 cm³/mol. The van der Waals surface area contributed by atoms with Gasteiger partial charge in [-0.1, -0.05) is 15.9 Å². The van der Waals surface area contributed by atoms with Gasteiger partial charge in [0.05, 0.1) is 23.7 Å². The van der Waals surface area contributed by atoms with Crippen LogP contribution in [0.4, 0.5) is 10.5 Å². The fourth-order valence-corrected chi connectivity index (χ4v) is 3.90. The van der Waals surface area contributed by atoms with E-state index in [1.807, 2.05) is 39.0 Å². The van der Waals surface area contributed by atoms with E-state index in [0.717, 1.165) is 15.4 Å². The first-order valence-electron chi connectivity index (χ1n) is 10.3. The van der Waals surface area contributed by atoms with Crippen molar-refractivity contribution in [1.29, 1.82) is 0 Å². The summed E-state index contributed by atoms with van der Waals surface area (Å²) in [5.41, 5.74) is 1.85. The molecule has 2 N–H and O–H groups in total. The first-order valence-corrected chi connectivity index (χ1v) is 11.1. The van der Waals surface area contributed by atoms with Gasteiger partial charge in [0.25, 0.3) is 0 Å². The molecular weight excluding hydrogens is 502 g/mol. The second-order valence-electron chi connectivity index (χ2n) is 8.33. The molecule has 34 heavy (non-hydrogen) atoms. The van der Waals surface area contributed by atoms with Crippen LogP contribution in [0.5, 0.6) is 5.75 Å². The lowest BCUT2D eigenvalue weighted by molar-refractivity contribution is 0.0699. The number of ether oxygens (including phenoxy) is 1. The third-order valence-corrected chi connectivity index (χ3v) is 5.66. The smallest absolute Gasteiger partial charge is 0.412 e. The summed E-state index contributed by atoms with van der Waals surface area (Å²) in [7, 11) is 1.54. The summed E-state index contributed by atoms with van der Waals surface area (Å²) in [6.07, 6.45) is 2.23. The molecule has 9 heteroatoms. The van der Waals surface area contributed by atoms with E-state index in [9.17, 15) is 14.7 Å². The Bertz CT molecular complexity index is 1370. The van der Waals surface area contributed by atoms with Crippen molar-refractivity contribution in [2.24, 2.45) is 0 Å². The van der Waals surface area contributed by atoms with Gasteiger partial charge in [-0.25, -0.2) is 9.59 Å². The molecule has 0 atom stereocenters. The van der Waals surface area contributed by atoms with E-state index >= 15 is 0 Å². The number of fused-ring (bicyclic) bond motifs is 2. The predicted octanol–water partition coefficient (Wildman–Crippen LogP) is 6.22. The Balaban J connectivity index is 0.000000196. The van der Waals surface area contributed by atoms with Crippen LogP contribution in [0.3, 0.4) is 0 Å². The normalized spacial score (nSPS) is 11.0. The minimum Gasteiger partial charge on any atom is -0.497 e. The fraction of sp³-hybridized carbons (Fsp3) is 0.200. The van der Waals surface area contributed by atoms with E-state index in [2.05, 4.69) is 25.9 Å². The van der Waals surface area contributed by atoms with E-state index < -0.39 is 17.6 Å². The van der Waals surface area contributed by atoms with Crippen LogP contribution in [0.15, 0.2) is 65.4 Å². The van der Waals surface area contributed by atoms with Crippen LogP contribution < -0.4 is 9.64 Å². The molecule has 0 saturated carbocycles. The molecule has 0 bridgehead atoms. The zero-order chi connectivity index (χ0) is 25.0. The molecule has 0 saturated heterocycles. The summed E-state index contributed by atoms with van der Waals surface area (Å²) in [5.74, 6) is -0.339. The number of nitrogens with zero attached hydrogens (tertiary/aromatic N) is 3. The van der Waals surface area contributed by atoms with Crippen LogP contribution in [0.25, 0.3) is 21.8 Å². The maximum atomic E-state index is 11.5. The number of methoxy groups -OCH3 is 1. The van der Waals surface area contributed by atoms with Crippen molar-refractivity contribution in [3.63, 3.8) is 0 Å².